The fourth-order valence-corrected chi connectivity index (χ4v) is 8.94. The highest BCUT2D eigenvalue weighted by atomic mass is 16.7. The zero-order valence-corrected chi connectivity index (χ0v) is 47.5. The number of hydrogen-bond acceptors (Lipinski definition) is 11. The molecule has 12 heteroatoms. The number of rotatable bonds is 51. The van der Waals surface area contributed by atoms with Crippen LogP contribution in [0.4, 0.5) is 0 Å². The Labute approximate surface area is 456 Å². The Kier molecular flexibility index (Phi) is 47.4. The zero-order valence-electron chi connectivity index (χ0n) is 47.5. The number of carboxylic acid groups (broad SMARTS) is 1. The minimum atomic E-state index is -1.91. The molecule has 0 spiro atoms. The molecule has 1 heterocycles. The molecule has 12 nitrogen and oxygen atoms in total. The van der Waals surface area contributed by atoms with Crippen LogP contribution in [0, 0.1) is 0 Å². The van der Waals surface area contributed by atoms with Gasteiger partial charge in [-0.3, -0.25) is 14.4 Å². The highest BCUT2D eigenvalue weighted by Crippen LogP contribution is 2.26. The van der Waals surface area contributed by atoms with E-state index in [0.717, 1.165) is 96.3 Å². The van der Waals surface area contributed by atoms with E-state index >= 15 is 0 Å². The van der Waals surface area contributed by atoms with Crippen LogP contribution in [0.1, 0.15) is 265 Å². The van der Waals surface area contributed by atoms with Gasteiger partial charge in [0.1, 0.15) is 18.8 Å². The predicted octanol–water partition coefficient (Wildman–Crippen LogP) is 15.6. The molecule has 432 valence electrons. The summed E-state index contributed by atoms with van der Waals surface area (Å²) >= 11 is 0. The molecule has 0 aliphatic carbocycles. The average Bonchev–Trinajstić information content (AvgIpc) is 3.39. The molecule has 0 saturated carbocycles. The van der Waals surface area contributed by atoms with Crippen molar-refractivity contribution in [3.63, 3.8) is 0 Å². The SMILES string of the molecule is CC/C=C\C/C=C\C/C=C\C/C=C\CCCCC(=O)OCC(COC1OC(C(=O)O)C(O)C(O)C1OC(=O)CCCCCCC/C=C\CCCCCCCC)OC(=O)CCCCCCCCCCCCCCCCC. The van der Waals surface area contributed by atoms with Crippen molar-refractivity contribution < 1.29 is 58.2 Å². The molecule has 75 heavy (non-hydrogen) atoms. The second-order valence-corrected chi connectivity index (χ2v) is 20.6. The van der Waals surface area contributed by atoms with E-state index < -0.39 is 67.3 Å². The first kappa shape index (κ1) is 69.4. The van der Waals surface area contributed by atoms with Crippen LogP contribution in [0.25, 0.3) is 0 Å². The summed E-state index contributed by atoms with van der Waals surface area (Å²) in [5.74, 6) is -3.17. The van der Waals surface area contributed by atoms with Crippen LogP contribution in [0.15, 0.2) is 60.8 Å². The van der Waals surface area contributed by atoms with E-state index in [0.29, 0.717) is 19.3 Å². The summed E-state index contributed by atoms with van der Waals surface area (Å²) in [6, 6.07) is 0. The molecule has 6 unspecified atom stereocenters. The van der Waals surface area contributed by atoms with Crippen LogP contribution in [0.5, 0.6) is 0 Å². The van der Waals surface area contributed by atoms with E-state index in [9.17, 15) is 34.5 Å². The third-order valence-electron chi connectivity index (χ3n) is 13.6. The van der Waals surface area contributed by atoms with Crippen LogP contribution in [-0.4, -0.2) is 89.2 Å². The van der Waals surface area contributed by atoms with Gasteiger partial charge in [0.15, 0.2) is 24.6 Å². The summed E-state index contributed by atoms with van der Waals surface area (Å²) in [5.41, 5.74) is 0. The first-order valence-corrected chi connectivity index (χ1v) is 30.3. The van der Waals surface area contributed by atoms with Crippen molar-refractivity contribution in [2.75, 3.05) is 13.2 Å². The van der Waals surface area contributed by atoms with Gasteiger partial charge < -0.3 is 39.0 Å². The molecule has 0 amide bonds. The molecular formula is C63H108O12. The summed E-state index contributed by atoms with van der Waals surface area (Å²) in [5, 5.41) is 31.5. The van der Waals surface area contributed by atoms with E-state index in [-0.39, 0.29) is 25.9 Å². The molecule has 3 N–H and O–H groups in total. The smallest absolute Gasteiger partial charge is 0.335 e. The Hall–Kier alpha value is -3.58. The topological polar surface area (TPSA) is 175 Å². The molecule has 1 fully saturated rings. The lowest BCUT2D eigenvalue weighted by Crippen LogP contribution is -2.61. The van der Waals surface area contributed by atoms with Gasteiger partial charge in [-0.25, -0.2) is 4.79 Å². The number of carbonyl (C=O) groups excluding carboxylic acids is 3. The molecule has 0 bridgehead atoms. The standard InChI is InChI=1S/C63H108O12/c1-4-7-10-13-16-19-22-25-28-31-34-37-40-43-46-49-55(64)71-52-54(73-56(65)50-47-44-41-38-35-32-29-26-23-20-17-14-11-8-5-2)53-72-63-61(59(68)58(67)60(75-63)62(69)70)74-57(66)51-48-45-42-39-36-33-30-27-24-21-18-15-12-9-6-3/h7,10,16,19,25,27-28,30,34,37,54,58-61,63,67-68H,4-6,8-9,11-15,17-18,20-24,26,29,31-33,35-36,38-53H2,1-3H3,(H,69,70)/b10-7-,19-16-,28-25-,30-27-,37-34-. The van der Waals surface area contributed by atoms with Gasteiger partial charge >= 0.3 is 23.9 Å². The second kappa shape index (κ2) is 51.2. The number of ether oxygens (including phenoxy) is 5. The third kappa shape index (κ3) is 41.2. The molecule has 0 aromatic heterocycles. The van der Waals surface area contributed by atoms with Crippen molar-refractivity contribution in [2.24, 2.45) is 0 Å². The Morgan fingerprint density at radius 1 is 0.453 bits per heavy atom. The maximum atomic E-state index is 13.2. The number of aliphatic hydroxyl groups excluding tert-OH is 2. The molecular weight excluding hydrogens is 949 g/mol. The van der Waals surface area contributed by atoms with E-state index in [1.165, 1.54) is 109 Å². The summed E-state index contributed by atoms with van der Waals surface area (Å²) < 4.78 is 28.4. The summed E-state index contributed by atoms with van der Waals surface area (Å²) in [4.78, 5) is 51.1. The van der Waals surface area contributed by atoms with Gasteiger partial charge in [-0.15, -0.1) is 0 Å². The third-order valence-corrected chi connectivity index (χ3v) is 13.6. The molecule has 1 aliphatic heterocycles. The minimum Gasteiger partial charge on any atom is -0.479 e. The van der Waals surface area contributed by atoms with Gasteiger partial charge in [-0.2, -0.15) is 0 Å². The number of aliphatic carboxylic acids is 1. The van der Waals surface area contributed by atoms with Crippen LogP contribution in [0.2, 0.25) is 0 Å². The maximum Gasteiger partial charge on any atom is 0.335 e. The van der Waals surface area contributed by atoms with Gasteiger partial charge in [-0.1, -0.05) is 223 Å². The molecule has 1 rings (SSSR count). The highest BCUT2D eigenvalue weighted by Gasteiger charge is 2.50. The lowest BCUT2D eigenvalue weighted by Gasteiger charge is -2.40. The molecule has 0 aromatic rings. The minimum absolute atomic E-state index is 0.0471. The number of allylic oxidation sites excluding steroid dienone is 10. The fraction of sp³-hybridized carbons (Fsp3) is 0.778. The van der Waals surface area contributed by atoms with Gasteiger partial charge in [-0.05, 0) is 83.5 Å². The summed E-state index contributed by atoms with van der Waals surface area (Å²) in [6.07, 6.45) is 50.5. The number of hydrogen-bond donors (Lipinski definition) is 3. The van der Waals surface area contributed by atoms with Gasteiger partial charge in [0.25, 0.3) is 0 Å². The van der Waals surface area contributed by atoms with E-state index in [1.807, 2.05) is 0 Å². The van der Waals surface area contributed by atoms with Crippen molar-refractivity contribution in [2.45, 2.75) is 302 Å². The molecule has 0 aromatic carbocycles. The largest absolute Gasteiger partial charge is 0.479 e. The maximum absolute atomic E-state index is 13.2. The molecule has 1 saturated heterocycles. The number of esters is 3. The number of unbranched alkanes of at least 4 members (excludes halogenated alkanes) is 27. The lowest BCUT2D eigenvalue weighted by molar-refractivity contribution is -0.301. The Morgan fingerprint density at radius 2 is 0.840 bits per heavy atom. The second-order valence-electron chi connectivity index (χ2n) is 20.6. The molecule has 0 radical (unpaired) electrons. The lowest BCUT2D eigenvalue weighted by atomic mass is 9.98. The van der Waals surface area contributed by atoms with Crippen molar-refractivity contribution in [1.29, 1.82) is 0 Å². The van der Waals surface area contributed by atoms with Crippen LogP contribution >= 0.6 is 0 Å². The summed E-state index contributed by atoms with van der Waals surface area (Å²) in [7, 11) is 0. The van der Waals surface area contributed by atoms with Crippen molar-refractivity contribution in [3.05, 3.63) is 60.8 Å². The normalized spacial score (nSPS) is 18.5. The number of carbonyl (C=O) groups is 4. The van der Waals surface area contributed by atoms with Crippen LogP contribution < -0.4 is 0 Å². The monoisotopic (exact) mass is 1060 g/mol. The quantitative estimate of drug-likeness (QED) is 0.0228. The van der Waals surface area contributed by atoms with Crippen LogP contribution in [-0.2, 0) is 42.9 Å². The fourth-order valence-electron chi connectivity index (χ4n) is 8.94. The van der Waals surface area contributed by atoms with Gasteiger partial charge in [0, 0.05) is 19.3 Å². The molecule has 6 atom stereocenters. The van der Waals surface area contributed by atoms with Gasteiger partial charge in [0.2, 0.25) is 0 Å². The Balaban J connectivity index is 2.71. The zero-order chi connectivity index (χ0) is 54.7. The predicted molar refractivity (Wildman–Crippen MR) is 303 cm³/mol. The van der Waals surface area contributed by atoms with Crippen molar-refractivity contribution in [3.8, 4) is 0 Å². The summed E-state index contributed by atoms with van der Waals surface area (Å²) in [6.45, 7) is 5.85. The van der Waals surface area contributed by atoms with Gasteiger partial charge in [0.05, 0.1) is 6.61 Å². The first-order chi connectivity index (χ1) is 36.6. The van der Waals surface area contributed by atoms with Crippen molar-refractivity contribution >= 4 is 23.9 Å². The van der Waals surface area contributed by atoms with Crippen molar-refractivity contribution in [1.82, 2.24) is 0 Å². The number of aliphatic hydroxyl groups is 2. The Morgan fingerprint density at radius 3 is 1.32 bits per heavy atom. The Bertz CT molecular complexity index is 1540. The first-order valence-electron chi connectivity index (χ1n) is 30.3. The molecule has 1 aliphatic rings. The van der Waals surface area contributed by atoms with E-state index in [1.54, 1.807) is 0 Å². The average molecular weight is 1060 g/mol. The highest BCUT2D eigenvalue weighted by molar-refractivity contribution is 5.74. The van der Waals surface area contributed by atoms with Crippen LogP contribution in [0.3, 0.4) is 0 Å². The van der Waals surface area contributed by atoms with E-state index in [2.05, 4.69) is 81.5 Å². The van der Waals surface area contributed by atoms with E-state index in [4.69, 9.17) is 23.7 Å². The number of carboxylic acids is 1.